The average Bonchev–Trinajstić information content (AvgIpc) is 2.59. The summed E-state index contributed by atoms with van der Waals surface area (Å²) in [4.78, 5) is 19.1. The Morgan fingerprint density at radius 1 is 1.22 bits per heavy atom. The van der Waals surface area contributed by atoms with E-state index in [9.17, 15) is 4.79 Å². The van der Waals surface area contributed by atoms with Gasteiger partial charge in [0.05, 0.1) is 30.8 Å². The Morgan fingerprint density at radius 3 is 2.78 bits per heavy atom. The maximum absolute atomic E-state index is 11.9. The largest absolute Gasteiger partial charge is 0.497 e. The maximum atomic E-state index is 11.9. The molecule has 0 bridgehead atoms. The molecule has 0 unspecified atom stereocenters. The van der Waals surface area contributed by atoms with Gasteiger partial charge in [0, 0.05) is 0 Å². The summed E-state index contributed by atoms with van der Waals surface area (Å²) in [5.74, 6) is 1.34. The molecule has 3 rings (SSSR count). The molecule has 3 aromatic rings. The molecule has 23 heavy (non-hydrogen) atoms. The number of aromatic amines is 1. The van der Waals surface area contributed by atoms with Crippen LogP contribution in [0.2, 0.25) is 0 Å². The predicted molar refractivity (Wildman–Crippen MR) is 89.8 cm³/mol. The number of H-pyrrole nitrogens is 1. The molecule has 1 heterocycles. The van der Waals surface area contributed by atoms with E-state index in [1.54, 1.807) is 19.4 Å². The Hall–Kier alpha value is -3.15. The van der Waals surface area contributed by atoms with Crippen molar-refractivity contribution in [3.8, 4) is 5.75 Å². The number of fused-ring (bicyclic) bond motifs is 1. The van der Waals surface area contributed by atoms with Crippen LogP contribution in [0.25, 0.3) is 10.9 Å². The monoisotopic (exact) mass is 308 g/mol. The number of nitrogens with zero attached hydrogens (tertiary/aromatic N) is 2. The first-order chi connectivity index (χ1) is 11.3. The quantitative estimate of drug-likeness (QED) is 0.558. The Kier molecular flexibility index (Phi) is 4.33. The van der Waals surface area contributed by atoms with Crippen LogP contribution in [0.5, 0.6) is 5.75 Å². The minimum absolute atomic E-state index is 0.147. The number of methoxy groups -OCH3 is 1. The molecule has 0 atom stereocenters. The van der Waals surface area contributed by atoms with Crippen LogP contribution in [0, 0.1) is 0 Å². The number of hydrogen-bond acceptors (Lipinski definition) is 5. The van der Waals surface area contributed by atoms with Crippen LogP contribution < -0.4 is 15.7 Å². The van der Waals surface area contributed by atoms with E-state index >= 15 is 0 Å². The summed E-state index contributed by atoms with van der Waals surface area (Å²) in [5.41, 5.74) is 4.35. The number of aromatic nitrogens is 2. The zero-order valence-corrected chi connectivity index (χ0v) is 12.6. The second-order valence-electron chi connectivity index (χ2n) is 4.90. The summed E-state index contributed by atoms with van der Waals surface area (Å²) >= 11 is 0. The second kappa shape index (κ2) is 6.74. The maximum Gasteiger partial charge on any atom is 0.258 e. The first-order valence-electron chi connectivity index (χ1n) is 7.14. The summed E-state index contributed by atoms with van der Waals surface area (Å²) in [6.07, 6.45) is 1.69. The Balaban J connectivity index is 1.66. The number of para-hydroxylation sites is 1. The van der Waals surface area contributed by atoms with Crippen molar-refractivity contribution in [2.75, 3.05) is 7.11 Å². The van der Waals surface area contributed by atoms with Gasteiger partial charge in [-0.25, -0.2) is 4.98 Å². The van der Waals surface area contributed by atoms with E-state index in [4.69, 9.17) is 4.74 Å². The fraction of sp³-hybridized carbons (Fsp3) is 0.118. The molecule has 0 saturated carbocycles. The molecule has 2 N–H and O–H groups in total. The summed E-state index contributed by atoms with van der Waals surface area (Å²) in [5, 5.41) is 4.71. The fourth-order valence-corrected chi connectivity index (χ4v) is 2.15. The molecule has 6 heteroatoms. The zero-order valence-electron chi connectivity index (χ0n) is 12.6. The molecule has 0 aliphatic heterocycles. The van der Waals surface area contributed by atoms with Crippen LogP contribution >= 0.6 is 0 Å². The molecule has 0 fully saturated rings. The lowest BCUT2D eigenvalue weighted by molar-refractivity contribution is 0.415. The fourth-order valence-electron chi connectivity index (χ4n) is 2.15. The number of hydrogen-bond donors (Lipinski definition) is 2. The SMILES string of the molecule is COc1ccc(/C=N/NCc2nc3ccccc3c(=O)[nH]2)cc1. The third-order valence-corrected chi connectivity index (χ3v) is 3.33. The van der Waals surface area contributed by atoms with Gasteiger partial charge in [0.25, 0.3) is 5.56 Å². The van der Waals surface area contributed by atoms with Gasteiger partial charge in [0.15, 0.2) is 0 Å². The van der Waals surface area contributed by atoms with E-state index < -0.39 is 0 Å². The zero-order chi connectivity index (χ0) is 16.1. The Bertz CT molecular complexity index is 885. The third-order valence-electron chi connectivity index (χ3n) is 3.33. The first-order valence-corrected chi connectivity index (χ1v) is 7.14. The number of ether oxygens (including phenoxy) is 1. The van der Waals surface area contributed by atoms with Gasteiger partial charge in [-0.3, -0.25) is 4.79 Å². The first kappa shape index (κ1) is 14.8. The number of benzene rings is 2. The van der Waals surface area contributed by atoms with Gasteiger partial charge in [-0.15, -0.1) is 0 Å². The summed E-state index contributed by atoms with van der Waals surface area (Å²) in [6, 6.07) is 14.8. The lowest BCUT2D eigenvalue weighted by Crippen LogP contribution is -2.16. The molecule has 0 radical (unpaired) electrons. The molecule has 0 amide bonds. The molecular weight excluding hydrogens is 292 g/mol. The molecular formula is C17H16N4O2. The molecule has 1 aromatic heterocycles. The van der Waals surface area contributed by atoms with Crippen molar-refractivity contribution in [1.82, 2.24) is 15.4 Å². The standard InChI is InChI=1S/C17H16N4O2/c1-23-13-8-6-12(7-9-13)10-18-19-11-16-20-15-5-3-2-4-14(15)17(22)21-16/h2-10,19H,11H2,1H3,(H,20,21,22)/b18-10+. The van der Waals surface area contributed by atoms with Gasteiger partial charge in [-0.2, -0.15) is 5.10 Å². The summed E-state index contributed by atoms with van der Waals surface area (Å²) in [6.45, 7) is 0.340. The molecule has 6 nitrogen and oxygen atoms in total. The van der Waals surface area contributed by atoms with Gasteiger partial charge < -0.3 is 15.1 Å². The van der Waals surface area contributed by atoms with Crippen LogP contribution in [0.15, 0.2) is 58.4 Å². The van der Waals surface area contributed by atoms with E-state index in [2.05, 4.69) is 20.5 Å². The van der Waals surface area contributed by atoms with Gasteiger partial charge in [-0.1, -0.05) is 12.1 Å². The van der Waals surface area contributed by atoms with Crippen LogP contribution in [0.3, 0.4) is 0 Å². The normalized spacial score (nSPS) is 11.0. The summed E-state index contributed by atoms with van der Waals surface area (Å²) in [7, 11) is 1.63. The van der Waals surface area contributed by atoms with Crippen molar-refractivity contribution >= 4 is 17.1 Å². The van der Waals surface area contributed by atoms with E-state index in [1.807, 2.05) is 42.5 Å². The molecule has 116 valence electrons. The highest BCUT2D eigenvalue weighted by atomic mass is 16.5. The van der Waals surface area contributed by atoms with Crippen molar-refractivity contribution in [2.24, 2.45) is 5.10 Å². The molecule has 0 aliphatic rings. The topological polar surface area (TPSA) is 79.4 Å². The van der Waals surface area contributed by atoms with Crippen molar-refractivity contribution in [3.63, 3.8) is 0 Å². The van der Waals surface area contributed by atoms with Crippen LogP contribution in [-0.2, 0) is 6.54 Å². The summed E-state index contributed by atoms with van der Waals surface area (Å²) < 4.78 is 5.10. The smallest absolute Gasteiger partial charge is 0.258 e. The van der Waals surface area contributed by atoms with Crippen molar-refractivity contribution in [2.45, 2.75) is 6.54 Å². The highest BCUT2D eigenvalue weighted by Gasteiger charge is 2.02. The lowest BCUT2D eigenvalue weighted by Gasteiger charge is -2.03. The van der Waals surface area contributed by atoms with Crippen LogP contribution in [-0.4, -0.2) is 23.3 Å². The highest BCUT2D eigenvalue weighted by molar-refractivity contribution is 5.79. The third kappa shape index (κ3) is 3.55. The van der Waals surface area contributed by atoms with Gasteiger partial charge in [0.1, 0.15) is 11.6 Å². The molecule has 0 spiro atoms. The van der Waals surface area contributed by atoms with Crippen LogP contribution in [0.4, 0.5) is 0 Å². The van der Waals surface area contributed by atoms with E-state index in [1.165, 1.54) is 0 Å². The molecule has 0 saturated heterocycles. The molecule has 0 aliphatic carbocycles. The highest BCUT2D eigenvalue weighted by Crippen LogP contribution is 2.09. The minimum atomic E-state index is -0.147. The molecule has 2 aromatic carbocycles. The number of hydrazone groups is 1. The predicted octanol–water partition coefficient (Wildman–Crippen LogP) is 2.06. The van der Waals surface area contributed by atoms with E-state index in [0.29, 0.717) is 23.3 Å². The van der Waals surface area contributed by atoms with Gasteiger partial charge in [0.2, 0.25) is 0 Å². The second-order valence-corrected chi connectivity index (χ2v) is 4.90. The van der Waals surface area contributed by atoms with E-state index in [0.717, 1.165) is 11.3 Å². The van der Waals surface area contributed by atoms with Crippen molar-refractivity contribution < 1.29 is 4.74 Å². The van der Waals surface area contributed by atoms with Gasteiger partial charge >= 0.3 is 0 Å². The van der Waals surface area contributed by atoms with Gasteiger partial charge in [-0.05, 0) is 42.0 Å². The number of rotatable bonds is 5. The number of nitrogens with one attached hydrogen (secondary N) is 2. The lowest BCUT2D eigenvalue weighted by atomic mass is 10.2. The van der Waals surface area contributed by atoms with Crippen molar-refractivity contribution in [3.05, 3.63) is 70.3 Å². The Labute approximate surface area is 132 Å². The van der Waals surface area contributed by atoms with Crippen molar-refractivity contribution in [1.29, 1.82) is 0 Å². The Morgan fingerprint density at radius 2 is 2.00 bits per heavy atom. The average molecular weight is 308 g/mol. The minimum Gasteiger partial charge on any atom is -0.497 e. The van der Waals surface area contributed by atoms with Crippen LogP contribution in [0.1, 0.15) is 11.4 Å². The van der Waals surface area contributed by atoms with E-state index in [-0.39, 0.29) is 5.56 Å².